The Morgan fingerprint density at radius 2 is 2.29 bits per heavy atom. The van der Waals surface area contributed by atoms with Crippen LogP contribution in [0.15, 0.2) is 16.8 Å². The van der Waals surface area contributed by atoms with E-state index in [1.807, 2.05) is 0 Å². The number of rotatable bonds is 4. The van der Waals surface area contributed by atoms with Crippen LogP contribution in [0.3, 0.4) is 0 Å². The van der Waals surface area contributed by atoms with Crippen LogP contribution in [-0.4, -0.2) is 56.6 Å². The van der Waals surface area contributed by atoms with Crippen LogP contribution in [0, 0.1) is 0 Å². The van der Waals surface area contributed by atoms with E-state index >= 15 is 0 Å². The van der Waals surface area contributed by atoms with Crippen LogP contribution in [0.25, 0.3) is 0 Å². The average molecular weight is 253 g/mol. The lowest BCUT2D eigenvalue weighted by Gasteiger charge is -2.39. The molecule has 1 aliphatic heterocycles. The second-order valence-corrected chi connectivity index (χ2v) is 5.81. The molecular weight excluding hydrogens is 230 g/mol. The van der Waals surface area contributed by atoms with Crippen LogP contribution in [0.1, 0.15) is 18.0 Å². The lowest BCUT2D eigenvalue weighted by molar-refractivity contribution is 0.102. The van der Waals surface area contributed by atoms with Gasteiger partial charge in [0.2, 0.25) is 0 Å². The van der Waals surface area contributed by atoms with Crippen LogP contribution in [0.2, 0.25) is 0 Å². The van der Waals surface area contributed by atoms with Gasteiger partial charge in [-0.2, -0.15) is 11.3 Å². The Kier molecular flexibility index (Phi) is 4.56. The summed E-state index contributed by atoms with van der Waals surface area (Å²) in [5.74, 6) is 0. The third kappa shape index (κ3) is 3.28. The van der Waals surface area contributed by atoms with Crippen molar-refractivity contribution in [3.63, 3.8) is 0 Å². The minimum atomic E-state index is 0.486. The number of hydrogen-bond acceptors (Lipinski definition) is 4. The summed E-state index contributed by atoms with van der Waals surface area (Å²) in [5.41, 5.74) is 1.43. The van der Waals surface area contributed by atoms with Crippen molar-refractivity contribution in [2.75, 3.05) is 40.8 Å². The van der Waals surface area contributed by atoms with Gasteiger partial charge in [0.15, 0.2) is 0 Å². The van der Waals surface area contributed by atoms with E-state index in [-0.39, 0.29) is 0 Å². The van der Waals surface area contributed by atoms with Gasteiger partial charge in [-0.3, -0.25) is 0 Å². The molecule has 0 saturated carbocycles. The highest BCUT2D eigenvalue weighted by atomic mass is 32.1. The molecule has 1 aromatic heterocycles. The summed E-state index contributed by atoms with van der Waals surface area (Å²) in [6.45, 7) is 3.55. The molecule has 1 aromatic rings. The molecular formula is C13H23N3S. The summed E-state index contributed by atoms with van der Waals surface area (Å²) in [6, 6.07) is 3.38. The molecule has 0 aromatic carbocycles. The number of piperazine rings is 1. The summed E-state index contributed by atoms with van der Waals surface area (Å²) < 4.78 is 0. The SMILES string of the molecule is CNC(CC1CN(C)CCN1C)c1ccsc1. The molecule has 0 spiro atoms. The quantitative estimate of drug-likeness (QED) is 0.880. The molecule has 0 radical (unpaired) electrons. The van der Waals surface area contributed by atoms with Crippen molar-refractivity contribution in [1.82, 2.24) is 15.1 Å². The average Bonchev–Trinajstić information content (AvgIpc) is 2.84. The van der Waals surface area contributed by atoms with Crippen LogP contribution in [-0.2, 0) is 0 Å². The lowest BCUT2D eigenvalue weighted by atomic mass is 9.99. The Morgan fingerprint density at radius 3 is 2.94 bits per heavy atom. The molecule has 1 N–H and O–H groups in total. The van der Waals surface area contributed by atoms with E-state index < -0.39 is 0 Å². The maximum Gasteiger partial charge on any atom is 0.0341 e. The lowest BCUT2D eigenvalue weighted by Crippen LogP contribution is -2.50. The summed E-state index contributed by atoms with van der Waals surface area (Å²) in [7, 11) is 6.53. The minimum absolute atomic E-state index is 0.486. The van der Waals surface area contributed by atoms with Crippen molar-refractivity contribution in [3.8, 4) is 0 Å². The minimum Gasteiger partial charge on any atom is -0.313 e. The first kappa shape index (κ1) is 13.0. The van der Waals surface area contributed by atoms with Crippen molar-refractivity contribution in [3.05, 3.63) is 22.4 Å². The van der Waals surface area contributed by atoms with E-state index in [0.29, 0.717) is 12.1 Å². The number of hydrogen-bond donors (Lipinski definition) is 1. The molecule has 3 nitrogen and oxygen atoms in total. The fourth-order valence-corrected chi connectivity index (χ4v) is 3.24. The zero-order valence-electron chi connectivity index (χ0n) is 11.0. The predicted octanol–water partition coefficient (Wildman–Crippen LogP) is 1.64. The molecule has 0 bridgehead atoms. The van der Waals surface area contributed by atoms with Gasteiger partial charge in [0.1, 0.15) is 0 Å². The second kappa shape index (κ2) is 5.96. The molecule has 2 atom stereocenters. The van der Waals surface area contributed by atoms with E-state index in [4.69, 9.17) is 0 Å². The van der Waals surface area contributed by atoms with E-state index in [1.165, 1.54) is 31.6 Å². The maximum atomic E-state index is 3.45. The topological polar surface area (TPSA) is 18.5 Å². The third-order valence-electron chi connectivity index (χ3n) is 3.78. The first-order valence-electron chi connectivity index (χ1n) is 6.29. The molecule has 4 heteroatoms. The van der Waals surface area contributed by atoms with Crippen molar-refractivity contribution in [2.45, 2.75) is 18.5 Å². The Balaban J connectivity index is 1.98. The van der Waals surface area contributed by atoms with Gasteiger partial charge < -0.3 is 15.1 Å². The Hall–Kier alpha value is -0.420. The molecule has 0 aliphatic carbocycles. The predicted molar refractivity (Wildman–Crippen MR) is 74.7 cm³/mol. The van der Waals surface area contributed by atoms with Crippen molar-refractivity contribution in [1.29, 1.82) is 0 Å². The smallest absolute Gasteiger partial charge is 0.0341 e. The molecule has 2 unspecified atom stereocenters. The number of nitrogens with zero attached hydrogens (tertiary/aromatic N) is 2. The van der Waals surface area contributed by atoms with E-state index in [2.05, 4.69) is 53.1 Å². The van der Waals surface area contributed by atoms with Gasteiger partial charge in [-0.1, -0.05) is 0 Å². The van der Waals surface area contributed by atoms with Crippen LogP contribution < -0.4 is 5.32 Å². The molecule has 1 fully saturated rings. The summed E-state index contributed by atoms with van der Waals surface area (Å²) in [5, 5.41) is 7.87. The number of likely N-dealkylation sites (N-methyl/N-ethyl adjacent to an activating group) is 2. The Labute approximate surface area is 108 Å². The zero-order chi connectivity index (χ0) is 12.3. The second-order valence-electron chi connectivity index (χ2n) is 5.03. The van der Waals surface area contributed by atoms with Gasteiger partial charge in [-0.15, -0.1) is 0 Å². The molecule has 1 aliphatic rings. The van der Waals surface area contributed by atoms with Gasteiger partial charge in [0.25, 0.3) is 0 Å². The highest BCUT2D eigenvalue weighted by Gasteiger charge is 2.25. The van der Waals surface area contributed by atoms with Crippen LogP contribution >= 0.6 is 11.3 Å². The van der Waals surface area contributed by atoms with E-state index in [1.54, 1.807) is 11.3 Å². The van der Waals surface area contributed by atoms with Gasteiger partial charge in [0.05, 0.1) is 0 Å². The number of thiophene rings is 1. The number of nitrogens with one attached hydrogen (secondary N) is 1. The van der Waals surface area contributed by atoms with E-state index in [0.717, 1.165) is 0 Å². The molecule has 1 saturated heterocycles. The molecule has 17 heavy (non-hydrogen) atoms. The maximum absolute atomic E-state index is 3.45. The standard InChI is InChI=1S/C13H23N3S/c1-14-13(11-4-7-17-10-11)8-12-9-15(2)5-6-16(12)3/h4,7,10,12-14H,5-6,8-9H2,1-3H3. The fourth-order valence-electron chi connectivity index (χ4n) is 2.52. The summed E-state index contributed by atoms with van der Waals surface area (Å²) >= 11 is 1.78. The Bertz CT molecular complexity index is 325. The van der Waals surface area contributed by atoms with Crippen molar-refractivity contribution in [2.24, 2.45) is 0 Å². The molecule has 96 valence electrons. The van der Waals surface area contributed by atoms with Crippen molar-refractivity contribution >= 4 is 11.3 Å². The fraction of sp³-hybridized carbons (Fsp3) is 0.692. The van der Waals surface area contributed by atoms with Crippen LogP contribution in [0.5, 0.6) is 0 Å². The molecule has 2 heterocycles. The highest BCUT2D eigenvalue weighted by Crippen LogP contribution is 2.23. The van der Waals surface area contributed by atoms with Gasteiger partial charge in [0, 0.05) is 31.7 Å². The monoisotopic (exact) mass is 253 g/mol. The molecule has 0 amide bonds. The summed E-state index contributed by atoms with van der Waals surface area (Å²) in [6.07, 6.45) is 1.19. The Morgan fingerprint density at radius 1 is 1.47 bits per heavy atom. The normalized spacial score (nSPS) is 25.0. The van der Waals surface area contributed by atoms with Gasteiger partial charge >= 0.3 is 0 Å². The van der Waals surface area contributed by atoms with Crippen molar-refractivity contribution < 1.29 is 0 Å². The first-order valence-corrected chi connectivity index (χ1v) is 7.23. The summed E-state index contributed by atoms with van der Waals surface area (Å²) in [4.78, 5) is 4.93. The zero-order valence-corrected chi connectivity index (χ0v) is 11.8. The van der Waals surface area contributed by atoms with Crippen LogP contribution in [0.4, 0.5) is 0 Å². The first-order chi connectivity index (χ1) is 8.20. The van der Waals surface area contributed by atoms with E-state index in [9.17, 15) is 0 Å². The largest absolute Gasteiger partial charge is 0.313 e. The third-order valence-corrected chi connectivity index (χ3v) is 4.48. The highest BCUT2D eigenvalue weighted by molar-refractivity contribution is 7.07. The van der Waals surface area contributed by atoms with Gasteiger partial charge in [-0.05, 0) is 50.0 Å². The van der Waals surface area contributed by atoms with Gasteiger partial charge in [-0.25, -0.2) is 0 Å². The molecule has 2 rings (SSSR count).